The van der Waals surface area contributed by atoms with E-state index < -0.39 is 0 Å². The molecule has 96 valence electrons. The van der Waals surface area contributed by atoms with Crippen molar-refractivity contribution >= 4 is 28.9 Å². The first kappa shape index (κ1) is 12.8. The average Bonchev–Trinajstić information content (AvgIpc) is 2.81. The molecule has 3 N–H and O–H groups in total. The van der Waals surface area contributed by atoms with Gasteiger partial charge in [-0.2, -0.15) is 0 Å². The Balaban J connectivity index is 2.08. The van der Waals surface area contributed by atoms with E-state index in [1.54, 1.807) is 0 Å². The quantitative estimate of drug-likeness (QED) is 0.796. The number of primary amides is 1. The zero-order chi connectivity index (χ0) is 13.1. The van der Waals surface area contributed by atoms with E-state index in [1.165, 1.54) is 0 Å². The number of hydrogen-bond donors (Lipinski definition) is 2. The molecule has 4 nitrogen and oxygen atoms in total. The van der Waals surface area contributed by atoms with Crippen LogP contribution in [-0.2, 0) is 4.79 Å². The van der Waals surface area contributed by atoms with Crippen molar-refractivity contribution in [2.75, 3.05) is 11.9 Å². The molecule has 1 aromatic carbocycles. The highest BCUT2D eigenvalue weighted by atomic mass is 32.1. The van der Waals surface area contributed by atoms with Crippen LogP contribution in [0.3, 0.4) is 0 Å². The number of anilines is 1. The van der Waals surface area contributed by atoms with Crippen LogP contribution in [0.15, 0.2) is 24.3 Å². The number of amides is 1. The maximum atomic E-state index is 11.3. The van der Waals surface area contributed by atoms with Crippen LogP contribution in [0.5, 0.6) is 0 Å². The van der Waals surface area contributed by atoms with Gasteiger partial charge in [-0.1, -0.05) is 18.2 Å². The number of likely N-dealkylation sites (tertiary alicyclic amines) is 1. The number of benzene rings is 1. The van der Waals surface area contributed by atoms with E-state index in [0.29, 0.717) is 5.11 Å². The fraction of sp³-hybridized carbons (Fsp3) is 0.385. The fourth-order valence-corrected chi connectivity index (χ4v) is 2.53. The van der Waals surface area contributed by atoms with Gasteiger partial charge in [0.15, 0.2) is 5.11 Å². The summed E-state index contributed by atoms with van der Waals surface area (Å²) in [4.78, 5) is 13.2. The molecule has 0 spiro atoms. The summed E-state index contributed by atoms with van der Waals surface area (Å²) in [6.07, 6.45) is 1.73. The minimum Gasteiger partial charge on any atom is -0.368 e. The molecule has 1 atom stereocenters. The summed E-state index contributed by atoms with van der Waals surface area (Å²) in [6.45, 7) is 2.80. The van der Waals surface area contributed by atoms with E-state index >= 15 is 0 Å². The third-order valence-electron chi connectivity index (χ3n) is 3.23. The number of thiocarbonyl (C=S) groups is 1. The zero-order valence-corrected chi connectivity index (χ0v) is 11.2. The van der Waals surface area contributed by atoms with Crippen molar-refractivity contribution in [1.82, 2.24) is 4.90 Å². The second-order valence-corrected chi connectivity index (χ2v) is 4.89. The van der Waals surface area contributed by atoms with Crippen molar-refractivity contribution in [3.63, 3.8) is 0 Å². The molecule has 1 aromatic rings. The van der Waals surface area contributed by atoms with Gasteiger partial charge in [0.1, 0.15) is 6.04 Å². The van der Waals surface area contributed by atoms with E-state index in [4.69, 9.17) is 18.0 Å². The minimum atomic E-state index is -0.304. The van der Waals surface area contributed by atoms with E-state index in [9.17, 15) is 4.79 Å². The Kier molecular flexibility index (Phi) is 3.81. The van der Waals surface area contributed by atoms with Gasteiger partial charge in [0.2, 0.25) is 5.91 Å². The van der Waals surface area contributed by atoms with Crippen molar-refractivity contribution in [1.29, 1.82) is 0 Å². The Morgan fingerprint density at radius 1 is 1.50 bits per heavy atom. The van der Waals surface area contributed by atoms with Crippen LogP contribution in [0.4, 0.5) is 5.69 Å². The first-order chi connectivity index (χ1) is 8.59. The Morgan fingerprint density at radius 2 is 2.22 bits per heavy atom. The smallest absolute Gasteiger partial charge is 0.240 e. The third kappa shape index (κ3) is 2.61. The number of carbonyl (C=O) groups excluding carboxylic acids is 1. The van der Waals surface area contributed by atoms with Gasteiger partial charge in [-0.05, 0) is 43.6 Å². The van der Waals surface area contributed by atoms with Gasteiger partial charge < -0.3 is 16.0 Å². The Morgan fingerprint density at radius 3 is 2.89 bits per heavy atom. The van der Waals surface area contributed by atoms with Crippen molar-refractivity contribution in [3.8, 4) is 0 Å². The summed E-state index contributed by atoms with van der Waals surface area (Å²) in [7, 11) is 0. The van der Waals surface area contributed by atoms with Gasteiger partial charge in [0.25, 0.3) is 0 Å². The van der Waals surface area contributed by atoms with Crippen LogP contribution in [-0.4, -0.2) is 28.5 Å². The largest absolute Gasteiger partial charge is 0.368 e. The third-order valence-corrected chi connectivity index (χ3v) is 3.57. The lowest BCUT2D eigenvalue weighted by Gasteiger charge is -2.25. The number of hydrogen-bond acceptors (Lipinski definition) is 2. The van der Waals surface area contributed by atoms with Crippen LogP contribution in [0.1, 0.15) is 18.4 Å². The molecule has 1 fully saturated rings. The normalized spacial score (nSPS) is 18.7. The molecule has 1 aliphatic rings. The van der Waals surface area contributed by atoms with Gasteiger partial charge in [0.05, 0.1) is 0 Å². The van der Waals surface area contributed by atoms with E-state index in [-0.39, 0.29) is 11.9 Å². The highest BCUT2D eigenvalue weighted by Gasteiger charge is 2.30. The lowest BCUT2D eigenvalue weighted by molar-refractivity contribution is -0.121. The molecule has 2 rings (SSSR count). The summed E-state index contributed by atoms with van der Waals surface area (Å²) >= 11 is 5.36. The molecule has 0 saturated carbocycles. The number of para-hydroxylation sites is 1. The van der Waals surface area contributed by atoms with E-state index in [2.05, 4.69) is 5.32 Å². The molecule has 0 aromatic heterocycles. The van der Waals surface area contributed by atoms with Gasteiger partial charge in [-0.3, -0.25) is 4.79 Å². The maximum Gasteiger partial charge on any atom is 0.240 e. The molecule has 0 bridgehead atoms. The van der Waals surface area contributed by atoms with Gasteiger partial charge in [-0.25, -0.2) is 0 Å². The SMILES string of the molecule is Cc1ccccc1NC(=S)N1CCC[C@@H]1C(N)=O. The first-order valence-electron chi connectivity index (χ1n) is 6.02. The molecule has 0 radical (unpaired) electrons. The van der Waals surface area contributed by atoms with Gasteiger partial charge in [0, 0.05) is 12.2 Å². The predicted octanol–water partition coefficient (Wildman–Crippen LogP) is 1.64. The highest BCUT2D eigenvalue weighted by Crippen LogP contribution is 2.20. The lowest BCUT2D eigenvalue weighted by atomic mass is 10.2. The van der Waals surface area contributed by atoms with E-state index in [1.807, 2.05) is 36.1 Å². The molecule has 0 aliphatic carbocycles. The Hall–Kier alpha value is -1.62. The summed E-state index contributed by atoms with van der Waals surface area (Å²) in [5, 5.41) is 3.76. The number of aryl methyl sites for hydroxylation is 1. The molecule has 5 heteroatoms. The standard InChI is InChI=1S/C13H17N3OS/c1-9-5-2-3-6-10(9)15-13(18)16-8-4-7-11(16)12(14)17/h2-3,5-6,11H,4,7-8H2,1H3,(H2,14,17)(H,15,18)/t11-/m1/s1. The monoisotopic (exact) mass is 263 g/mol. The van der Waals surface area contributed by atoms with Crippen molar-refractivity contribution < 1.29 is 4.79 Å². The maximum absolute atomic E-state index is 11.3. The molecule has 18 heavy (non-hydrogen) atoms. The molecule has 1 heterocycles. The molecular weight excluding hydrogens is 246 g/mol. The molecule has 1 saturated heterocycles. The van der Waals surface area contributed by atoms with Gasteiger partial charge in [-0.15, -0.1) is 0 Å². The van der Waals surface area contributed by atoms with Crippen LogP contribution < -0.4 is 11.1 Å². The molecular formula is C13H17N3OS. The first-order valence-corrected chi connectivity index (χ1v) is 6.43. The minimum absolute atomic E-state index is 0.269. The van der Waals surface area contributed by atoms with Gasteiger partial charge >= 0.3 is 0 Å². The average molecular weight is 263 g/mol. The Labute approximate surface area is 112 Å². The topological polar surface area (TPSA) is 58.4 Å². The summed E-state index contributed by atoms with van der Waals surface area (Å²) in [5.74, 6) is -0.304. The number of rotatable bonds is 2. The number of nitrogens with two attached hydrogens (primary N) is 1. The molecule has 0 unspecified atom stereocenters. The number of nitrogens with zero attached hydrogens (tertiary/aromatic N) is 1. The van der Waals surface area contributed by atoms with E-state index in [0.717, 1.165) is 30.6 Å². The van der Waals surface area contributed by atoms with Crippen LogP contribution >= 0.6 is 12.2 Å². The van der Waals surface area contributed by atoms with Crippen molar-refractivity contribution in [2.24, 2.45) is 5.73 Å². The number of carbonyl (C=O) groups is 1. The molecule has 1 amide bonds. The second kappa shape index (κ2) is 5.35. The van der Waals surface area contributed by atoms with Crippen LogP contribution in [0.25, 0.3) is 0 Å². The summed E-state index contributed by atoms with van der Waals surface area (Å²) in [5.41, 5.74) is 7.47. The predicted molar refractivity (Wildman–Crippen MR) is 76.3 cm³/mol. The summed E-state index contributed by atoms with van der Waals surface area (Å²) < 4.78 is 0. The highest BCUT2D eigenvalue weighted by molar-refractivity contribution is 7.80. The Bertz CT molecular complexity index is 475. The van der Waals surface area contributed by atoms with Crippen molar-refractivity contribution in [3.05, 3.63) is 29.8 Å². The van der Waals surface area contributed by atoms with Crippen LogP contribution in [0, 0.1) is 6.92 Å². The number of nitrogens with one attached hydrogen (secondary N) is 1. The lowest BCUT2D eigenvalue weighted by Crippen LogP contribution is -2.45. The second-order valence-electron chi connectivity index (χ2n) is 4.50. The zero-order valence-electron chi connectivity index (χ0n) is 10.3. The summed E-state index contributed by atoms with van der Waals surface area (Å²) in [6, 6.07) is 7.64. The molecule has 1 aliphatic heterocycles. The fourth-order valence-electron chi connectivity index (χ4n) is 2.21. The van der Waals surface area contributed by atoms with Crippen molar-refractivity contribution in [2.45, 2.75) is 25.8 Å². The van der Waals surface area contributed by atoms with Crippen LogP contribution in [0.2, 0.25) is 0 Å².